The van der Waals surface area contributed by atoms with Crippen molar-refractivity contribution in [2.45, 2.75) is 19.6 Å². The van der Waals surface area contributed by atoms with Gasteiger partial charge in [0, 0.05) is 23.9 Å². The molecule has 0 unspecified atom stereocenters. The number of nitrogens with two attached hydrogens (primary N) is 1. The topological polar surface area (TPSA) is 59.1 Å². The van der Waals surface area contributed by atoms with E-state index in [0.717, 1.165) is 0 Å². The van der Waals surface area contributed by atoms with Crippen LogP contribution in [0.1, 0.15) is 23.2 Å². The van der Waals surface area contributed by atoms with Gasteiger partial charge >= 0.3 is 0 Å². The van der Waals surface area contributed by atoms with Gasteiger partial charge in [0.15, 0.2) is 0 Å². The predicted octanol–water partition coefficient (Wildman–Crippen LogP) is 0.970. The van der Waals surface area contributed by atoms with Crippen molar-refractivity contribution in [2.75, 3.05) is 0 Å². The summed E-state index contributed by atoms with van der Waals surface area (Å²) in [6.07, 6.45) is -1.33. The number of aliphatic hydroxyl groups excluding tert-OH is 1. The van der Waals surface area contributed by atoms with Gasteiger partial charge in [0.1, 0.15) is 0 Å². The van der Waals surface area contributed by atoms with Crippen LogP contribution in [0.2, 0.25) is 0 Å². The lowest BCUT2D eigenvalue weighted by molar-refractivity contribution is 0.146. The lowest BCUT2D eigenvalue weighted by Crippen LogP contribution is -2.07. The molecule has 0 saturated carbocycles. The highest BCUT2D eigenvalue weighted by atomic mass is 19.3. The highest BCUT2D eigenvalue weighted by molar-refractivity contribution is 5.30. The van der Waals surface area contributed by atoms with E-state index >= 15 is 0 Å². The molecule has 0 bridgehead atoms. The molecule has 0 amide bonds. The number of pyridine rings is 1. The molecule has 0 fully saturated rings. The van der Waals surface area contributed by atoms with Crippen molar-refractivity contribution in [3.8, 4) is 0 Å². The second-order valence-corrected chi connectivity index (χ2v) is 2.49. The van der Waals surface area contributed by atoms with Gasteiger partial charge in [0.05, 0.1) is 12.3 Å². The van der Waals surface area contributed by atoms with E-state index in [1.165, 1.54) is 12.3 Å². The molecule has 13 heavy (non-hydrogen) atoms. The zero-order valence-electron chi connectivity index (χ0n) is 6.87. The molecule has 5 heteroatoms. The molecular weight excluding hydrogens is 178 g/mol. The second-order valence-electron chi connectivity index (χ2n) is 2.49. The molecule has 1 rings (SSSR count). The van der Waals surface area contributed by atoms with Crippen molar-refractivity contribution < 1.29 is 13.9 Å². The Morgan fingerprint density at radius 3 is 2.69 bits per heavy atom. The van der Waals surface area contributed by atoms with E-state index in [4.69, 9.17) is 10.8 Å². The minimum absolute atomic E-state index is 0.0520. The van der Waals surface area contributed by atoms with Crippen molar-refractivity contribution in [1.82, 2.24) is 4.98 Å². The summed E-state index contributed by atoms with van der Waals surface area (Å²) in [7, 11) is 0. The van der Waals surface area contributed by atoms with E-state index in [2.05, 4.69) is 4.98 Å². The first-order chi connectivity index (χ1) is 6.20. The van der Waals surface area contributed by atoms with Crippen LogP contribution < -0.4 is 5.73 Å². The summed E-state index contributed by atoms with van der Waals surface area (Å²) >= 11 is 0. The SMILES string of the molecule is NCc1nccc(C(F)F)c1CO. The van der Waals surface area contributed by atoms with Gasteiger partial charge in [-0.1, -0.05) is 0 Å². The third kappa shape index (κ3) is 1.99. The molecule has 0 spiro atoms. The average molecular weight is 188 g/mol. The Kier molecular flexibility index (Phi) is 3.27. The number of alkyl halides is 2. The number of halogens is 2. The Hall–Kier alpha value is -1.07. The van der Waals surface area contributed by atoms with Gasteiger partial charge < -0.3 is 10.8 Å². The molecule has 0 aromatic carbocycles. The highest BCUT2D eigenvalue weighted by Crippen LogP contribution is 2.23. The van der Waals surface area contributed by atoms with Crippen LogP contribution in [-0.4, -0.2) is 10.1 Å². The Balaban J connectivity index is 3.19. The molecule has 1 aromatic rings. The number of aliphatic hydroxyl groups is 1. The smallest absolute Gasteiger partial charge is 0.264 e. The molecule has 0 saturated heterocycles. The number of aromatic nitrogens is 1. The van der Waals surface area contributed by atoms with Gasteiger partial charge in [0.25, 0.3) is 6.43 Å². The van der Waals surface area contributed by atoms with Gasteiger partial charge in [-0.25, -0.2) is 8.78 Å². The van der Waals surface area contributed by atoms with Gasteiger partial charge in [-0.15, -0.1) is 0 Å². The van der Waals surface area contributed by atoms with Crippen LogP contribution in [0.25, 0.3) is 0 Å². The Labute approximate surface area is 74.2 Å². The Bertz CT molecular complexity index is 291. The summed E-state index contributed by atoms with van der Waals surface area (Å²) in [6.45, 7) is -0.406. The maximum atomic E-state index is 12.4. The fourth-order valence-electron chi connectivity index (χ4n) is 1.12. The normalized spacial score (nSPS) is 10.8. The molecule has 1 heterocycles. The molecule has 1 aromatic heterocycles. The van der Waals surface area contributed by atoms with Crippen LogP contribution in [0.3, 0.4) is 0 Å². The van der Waals surface area contributed by atoms with Crippen molar-refractivity contribution in [1.29, 1.82) is 0 Å². The maximum Gasteiger partial charge on any atom is 0.264 e. The minimum atomic E-state index is -2.60. The van der Waals surface area contributed by atoms with Crippen LogP contribution in [0.15, 0.2) is 12.3 Å². The average Bonchev–Trinajstić information content (AvgIpc) is 2.16. The summed E-state index contributed by atoms with van der Waals surface area (Å²) < 4.78 is 24.7. The van der Waals surface area contributed by atoms with Gasteiger partial charge in [0.2, 0.25) is 0 Å². The Morgan fingerprint density at radius 2 is 2.23 bits per heavy atom. The third-order valence-electron chi connectivity index (χ3n) is 1.77. The zero-order valence-corrected chi connectivity index (χ0v) is 6.87. The van der Waals surface area contributed by atoms with E-state index in [9.17, 15) is 8.78 Å². The zero-order chi connectivity index (χ0) is 9.84. The fraction of sp³-hybridized carbons (Fsp3) is 0.375. The largest absolute Gasteiger partial charge is 0.392 e. The van der Waals surface area contributed by atoms with Gasteiger partial charge in [-0.05, 0) is 6.07 Å². The molecule has 72 valence electrons. The van der Waals surface area contributed by atoms with Gasteiger partial charge in [-0.2, -0.15) is 0 Å². The lowest BCUT2D eigenvalue weighted by Gasteiger charge is -2.09. The number of nitrogens with zero attached hydrogens (tertiary/aromatic N) is 1. The van der Waals surface area contributed by atoms with Crippen LogP contribution in [0.4, 0.5) is 8.78 Å². The second kappa shape index (κ2) is 4.25. The first-order valence-electron chi connectivity index (χ1n) is 3.76. The molecule has 0 aliphatic rings. The summed E-state index contributed by atoms with van der Waals surface area (Å²) in [6, 6.07) is 1.19. The Morgan fingerprint density at radius 1 is 1.54 bits per heavy atom. The number of hydrogen-bond acceptors (Lipinski definition) is 3. The van der Waals surface area contributed by atoms with Crippen molar-refractivity contribution in [3.63, 3.8) is 0 Å². The quantitative estimate of drug-likeness (QED) is 0.743. The summed E-state index contributed by atoms with van der Waals surface area (Å²) in [4.78, 5) is 3.79. The maximum absolute atomic E-state index is 12.4. The van der Waals surface area contributed by atoms with Crippen LogP contribution in [0, 0.1) is 0 Å². The van der Waals surface area contributed by atoms with Crippen LogP contribution >= 0.6 is 0 Å². The van der Waals surface area contributed by atoms with E-state index in [0.29, 0.717) is 5.69 Å². The molecule has 3 N–H and O–H groups in total. The standard InChI is InChI=1S/C8H10F2N2O/c9-8(10)5-1-2-12-7(3-11)6(5)4-13/h1-2,8,13H,3-4,11H2. The number of rotatable bonds is 3. The summed E-state index contributed by atoms with van der Waals surface area (Å²) in [5, 5.41) is 8.85. The molecule has 0 radical (unpaired) electrons. The van der Waals surface area contributed by atoms with E-state index in [1.807, 2.05) is 0 Å². The molecule has 0 atom stereocenters. The van der Waals surface area contributed by atoms with Crippen molar-refractivity contribution >= 4 is 0 Å². The van der Waals surface area contributed by atoms with E-state index < -0.39 is 13.0 Å². The van der Waals surface area contributed by atoms with E-state index in [1.54, 1.807) is 0 Å². The van der Waals surface area contributed by atoms with Gasteiger partial charge in [-0.3, -0.25) is 4.98 Å². The summed E-state index contributed by atoms with van der Waals surface area (Å²) in [5.41, 5.74) is 5.54. The van der Waals surface area contributed by atoms with Crippen LogP contribution in [-0.2, 0) is 13.2 Å². The third-order valence-corrected chi connectivity index (χ3v) is 1.77. The molecule has 0 aliphatic carbocycles. The fourth-order valence-corrected chi connectivity index (χ4v) is 1.12. The first kappa shape index (κ1) is 10.0. The lowest BCUT2D eigenvalue weighted by atomic mass is 10.1. The molecule has 3 nitrogen and oxygen atoms in total. The summed E-state index contributed by atoms with van der Waals surface area (Å²) in [5.74, 6) is 0. The van der Waals surface area contributed by atoms with Crippen molar-refractivity contribution in [2.24, 2.45) is 5.73 Å². The van der Waals surface area contributed by atoms with Crippen molar-refractivity contribution in [3.05, 3.63) is 29.1 Å². The van der Waals surface area contributed by atoms with Crippen LogP contribution in [0.5, 0.6) is 0 Å². The first-order valence-corrected chi connectivity index (χ1v) is 3.76. The number of hydrogen-bond donors (Lipinski definition) is 2. The monoisotopic (exact) mass is 188 g/mol. The van der Waals surface area contributed by atoms with E-state index in [-0.39, 0.29) is 17.7 Å². The predicted molar refractivity (Wildman–Crippen MR) is 43.0 cm³/mol. The molecular formula is C8H10F2N2O. The molecule has 0 aliphatic heterocycles. The highest BCUT2D eigenvalue weighted by Gasteiger charge is 2.15. The minimum Gasteiger partial charge on any atom is -0.392 e.